The number of thioether (sulfide) groups is 1. The summed E-state index contributed by atoms with van der Waals surface area (Å²) in [5, 5.41) is 3.26. The highest BCUT2D eigenvalue weighted by molar-refractivity contribution is 8.00. The van der Waals surface area contributed by atoms with Crippen molar-refractivity contribution in [1.29, 1.82) is 0 Å². The predicted molar refractivity (Wildman–Crippen MR) is 117 cm³/mol. The molecule has 4 nitrogen and oxygen atoms in total. The van der Waals surface area contributed by atoms with Crippen molar-refractivity contribution < 1.29 is 9.59 Å². The van der Waals surface area contributed by atoms with Crippen molar-refractivity contribution in [2.45, 2.75) is 95.0 Å². The van der Waals surface area contributed by atoms with Gasteiger partial charge in [0.2, 0.25) is 11.8 Å². The van der Waals surface area contributed by atoms with E-state index in [4.69, 9.17) is 0 Å². The molecule has 1 atom stereocenters. The van der Waals surface area contributed by atoms with Crippen LogP contribution in [0.1, 0.15) is 78.2 Å². The van der Waals surface area contributed by atoms with Crippen molar-refractivity contribution >= 4 is 29.3 Å². The van der Waals surface area contributed by atoms with Crippen LogP contribution < -0.4 is 10.2 Å². The van der Waals surface area contributed by atoms with Crippen LogP contribution in [0.2, 0.25) is 0 Å². The van der Waals surface area contributed by atoms with Crippen molar-refractivity contribution in [1.82, 2.24) is 5.32 Å². The zero-order chi connectivity index (χ0) is 20.3. The molecule has 1 heterocycles. The van der Waals surface area contributed by atoms with Gasteiger partial charge in [-0.2, -0.15) is 0 Å². The summed E-state index contributed by atoms with van der Waals surface area (Å²) in [4.78, 5) is 28.9. The molecule has 28 heavy (non-hydrogen) atoms. The van der Waals surface area contributed by atoms with E-state index in [0.29, 0.717) is 12.2 Å². The molecular weight excluding hydrogens is 368 g/mol. The number of anilines is 1. The second kappa shape index (κ2) is 8.89. The lowest BCUT2D eigenvalue weighted by atomic mass is 9.86. The van der Waals surface area contributed by atoms with Gasteiger partial charge in [0.25, 0.3) is 0 Å². The summed E-state index contributed by atoms with van der Waals surface area (Å²) in [6, 6.07) is 6.17. The lowest BCUT2D eigenvalue weighted by Gasteiger charge is -2.36. The third-order valence-corrected chi connectivity index (χ3v) is 6.95. The van der Waals surface area contributed by atoms with E-state index in [1.165, 1.54) is 31.2 Å². The summed E-state index contributed by atoms with van der Waals surface area (Å²) < 4.78 is 0. The maximum Gasteiger partial charge on any atom is 0.243 e. The first-order valence-corrected chi connectivity index (χ1v) is 11.7. The number of carbonyl (C=O) groups excluding carboxylic acids is 2. The minimum Gasteiger partial charge on any atom is -0.352 e. The van der Waals surface area contributed by atoms with E-state index in [9.17, 15) is 9.59 Å². The van der Waals surface area contributed by atoms with Gasteiger partial charge in [-0.1, -0.05) is 59.4 Å². The van der Waals surface area contributed by atoms with Crippen LogP contribution in [-0.4, -0.2) is 29.7 Å². The molecule has 1 aliphatic heterocycles. The molecule has 2 aliphatic rings. The first-order chi connectivity index (χ1) is 13.3. The average Bonchev–Trinajstić information content (AvgIpc) is 2.91. The molecule has 1 aromatic carbocycles. The average molecular weight is 403 g/mol. The van der Waals surface area contributed by atoms with Crippen LogP contribution in [-0.2, 0) is 15.0 Å². The number of hydrogen-bond acceptors (Lipinski definition) is 3. The van der Waals surface area contributed by atoms with E-state index in [-0.39, 0.29) is 23.3 Å². The second-order valence-electron chi connectivity index (χ2n) is 9.11. The number of nitrogens with zero attached hydrogens (tertiary/aromatic N) is 1. The van der Waals surface area contributed by atoms with Crippen LogP contribution >= 0.6 is 11.8 Å². The number of rotatable bonds is 4. The molecule has 0 saturated heterocycles. The fraction of sp³-hybridized carbons (Fsp3) is 0.652. The van der Waals surface area contributed by atoms with Gasteiger partial charge in [-0.15, -0.1) is 11.8 Å². The minimum atomic E-state index is -0.439. The highest BCUT2D eigenvalue weighted by atomic mass is 32.2. The molecule has 0 aromatic heterocycles. The van der Waals surface area contributed by atoms with Crippen LogP contribution in [0.4, 0.5) is 5.69 Å². The summed E-state index contributed by atoms with van der Waals surface area (Å²) in [6.45, 7) is 8.52. The Balaban J connectivity index is 1.87. The molecule has 154 valence electrons. The van der Waals surface area contributed by atoms with E-state index in [2.05, 4.69) is 44.3 Å². The summed E-state index contributed by atoms with van der Waals surface area (Å²) in [7, 11) is 0. The van der Waals surface area contributed by atoms with Gasteiger partial charge in [0.1, 0.15) is 6.04 Å². The number of amides is 2. The zero-order valence-corrected chi connectivity index (χ0v) is 18.5. The lowest BCUT2D eigenvalue weighted by Crippen LogP contribution is -2.53. The summed E-state index contributed by atoms with van der Waals surface area (Å²) in [5.74, 6) is 0.433. The summed E-state index contributed by atoms with van der Waals surface area (Å²) in [5.41, 5.74) is 2.08. The first-order valence-electron chi connectivity index (χ1n) is 10.7. The van der Waals surface area contributed by atoms with Crippen LogP contribution in [0.3, 0.4) is 0 Å². The number of nitrogens with one attached hydrogen (secondary N) is 1. The fourth-order valence-electron chi connectivity index (χ4n) is 4.19. The van der Waals surface area contributed by atoms with Gasteiger partial charge in [0.15, 0.2) is 0 Å². The van der Waals surface area contributed by atoms with Gasteiger partial charge in [0.05, 0.1) is 11.4 Å². The number of benzene rings is 1. The standard InChI is InChI=1S/C23H34N2O2S/c1-5-18(22(27)24-17-10-8-6-7-9-11-17)25-19-14-16(23(2,3)4)12-13-20(19)28-15-21(25)26/h12-14,17-18H,5-11,15H2,1-4H3,(H,24,27). The van der Waals surface area contributed by atoms with Crippen molar-refractivity contribution in [2.24, 2.45) is 0 Å². The first kappa shape index (κ1) is 21.2. The molecule has 0 spiro atoms. The lowest BCUT2D eigenvalue weighted by molar-refractivity contribution is -0.126. The normalized spacial score (nSPS) is 19.7. The smallest absolute Gasteiger partial charge is 0.243 e. The molecule has 2 amide bonds. The Morgan fingerprint density at radius 3 is 2.50 bits per heavy atom. The van der Waals surface area contributed by atoms with E-state index in [0.717, 1.165) is 23.4 Å². The molecule has 1 N–H and O–H groups in total. The summed E-state index contributed by atoms with van der Waals surface area (Å²) >= 11 is 1.58. The Hall–Kier alpha value is -1.49. The Kier molecular flexibility index (Phi) is 6.74. The Bertz CT molecular complexity index is 718. The van der Waals surface area contributed by atoms with E-state index >= 15 is 0 Å². The van der Waals surface area contributed by atoms with Gasteiger partial charge in [0, 0.05) is 10.9 Å². The third-order valence-electron chi connectivity index (χ3n) is 5.91. The minimum absolute atomic E-state index is 0.00163. The molecule has 1 fully saturated rings. The van der Waals surface area contributed by atoms with E-state index in [1.54, 1.807) is 16.7 Å². The van der Waals surface area contributed by atoms with Crippen LogP contribution in [0.25, 0.3) is 0 Å². The Labute approximate surface area is 173 Å². The van der Waals surface area contributed by atoms with Gasteiger partial charge >= 0.3 is 0 Å². The number of hydrogen-bond donors (Lipinski definition) is 1. The highest BCUT2D eigenvalue weighted by Gasteiger charge is 2.35. The Morgan fingerprint density at radius 1 is 1.21 bits per heavy atom. The van der Waals surface area contributed by atoms with Gasteiger partial charge < -0.3 is 5.32 Å². The van der Waals surface area contributed by atoms with Crippen molar-refractivity contribution in [3.8, 4) is 0 Å². The van der Waals surface area contributed by atoms with Gasteiger partial charge in [-0.25, -0.2) is 0 Å². The second-order valence-corrected chi connectivity index (χ2v) is 10.1. The molecule has 0 radical (unpaired) electrons. The predicted octanol–water partition coefficient (Wildman–Crippen LogP) is 5.04. The van der Waals surface area contributed by atoms with Gasteiger partial charge in [-0.3, -0.25) is 14.5 Å². The molecule has 1 saturated carbocycles. The maximum atomic E-state index is 13.2. The van der Waals surface area contributed by atoms with E-state index < -0.39 is 6.04 Å². The van der Waals surface area contributed by atoms with Crippen molar-refractivity contribution in [3.05, 3.63) is 23.8 Å². The van der Waals surface area contributed by atoms with Crippen LogP contribution in [0, 0.1) is 0 Å². The number of carbonyl (C=O) groups is 2. The SMILES string of the molecule is CCC(C(=O)NC1CCCCCC1)N1C(=O)CSc2ccc(C(C)(C)C)cc21. The topological polar surface area (TPSA) is 49.4 Å². The van der Waals surface area contributed by atoms with E-state index in [1.807, 2.05) is 6.92 Å². The highest BCUT2D eigenvalue weighted by Crippen LogP contribution is 2.39. The Morgan fingerprint density at radius 2 is 1.89 bits per heavy atom. The van der Waals surface area contributed by atoms with Gasteiger partial charge in [-0.05, 0) is 42.4 Å². The van der Waals surface area contributed by atoms with Crippen LogP contribution in [0.15, 0.2) is 23.1 Å². The van der Waals surface area contributed by atoms with Crippen molar-refractivity contribution in [3.63, 3.8) is 0 Å². The van der Waals surface area contributed by atoms with Crippen LogP contribution in [0.5, 0.6) is 0 Å². The summed E-state index contributed by atoms with van der Waals surface area (Å²) in [6.07, 6.45) is 7.60. The molecular formula is C23H34N2O2S. The number of fused-ring (bicyclic) bond motifs is 1. The quantitative estimate of drug-likeness (QED) is 0.718. The van der Waals surface area contributed by atoms with Crippen molar-refractivity contribution in [2.75, 3.05) is 10.7 Å². The molecule has 5 heteroatoms. The molecule has 1 aromatic rings. The third kappa shape index (κ3) is 4.73. The monoisotopic (exact) mass is 402 g/mol. The largest absolute Gasteiger partial charge is 0.352 e. The molecule has 0 bridgehead atoms. The molecule has 1 unspecified atom stereocenters. The zero-order valence-electron chi connectivity index (χ0n) is 17.7. The molecule has 1 aliphatic carbocycles. The fourth-order valence-corrected chi connectivity index (χ4v) is 5.07. The molecule has 3 rings (SSSR count). The maximum absolute atomic E-state index is 13.2.